The molecule has 0 spiro atoms. The molecule has 5 rings (SSSR count). The Bertz CT molecular complexity index is 1240. The van der Waals surface area contributed by atoms with Crippen LogP contribution in [0, 0.1) is 6.92 Å². The zero-order chi connectivity index (χ0) is 25.4. The van der Waals surface area contributed by atoms with Crippen molar-refractivity contribution in [2.24, 2.45) is 0 Å². The minimum absolute atomic E-state index is 0.0873. The number of rotatable bonds is 10. The van der Waals surface area contributed by atoms with Gasteiger partial charge in [-0.2, -0.15) is 0 Å². The van der Waals surface area contributed by atoms with Gasteiger partial charge in [-0.25, -0.2) is 9.78 Å². The fraction of sp³-hybridized carbons (Fsp3) is 0.500. The fourth-order valence-electron chi connectivity index (χ4n) is 5.17. The molecule has 0 saturated heterocycles. The highest BCUT2D eigenvalue weighted by molar-refractivity contribution is 7.18. The number of hydrogen-bond donors (Lipinski definition) is 2. The van der Waals surface area contributed by atoms with Gasteiger partial charge in [0.05, 0.1) is 47.2 Å². The molecule has 3 aromatic rings. The third-order valence-electron chi connectivity index (χ3n) is 7.35. The van der Waals surface area contributed by atoms with Gasteiger partial charge in [-0.05, 0) is 73.9 Å². The third kappa shape index (κ3) is 5.08. The molecule has 36 heavy (non-hydrogen) atoms. The Morgan fingerprint density at radius 1 is 1.08 bits per heavy atom. The number of aromatic nitrogens is 1. The summed E-state index contributed by atoms with van der Waals surface area (Å²) in [5, 5.41) is 22.1. The molecule has 192 valence electrons. The van der Waals surface area contributed by atoms with E-state index >= 15 is 0 Å². The first-order chi connectivity index (χ1) is 17.4. The van der Waals surface area contributed by atoms with Crippen molar-refractivity contribution in [3.63, 3.8) is 0 Å². The zero-order valence-corrected chi connectivity index (χ0v) is 21.8. The summed E-state index contributed by atoms with van der Waals surface area (Å²) in [6, 6.07) is 7.52. The van der Waals surface area contributed by atoms with Gasteiger partial charge in [0.2, 0.25) is 0 Å². The summed E-state index contributed by atoms with van der Waals surface area (Å²) in [7, 11) is 3.20. The highest BCUT2D eigenvalue weighted by atomic mass is 32.1. The van der Waals surface area contributed by atoms with Crippen molar-refractivity contribution in [3.8, 4) is 11.5 Å². The molecule has 2 atom stereocenters. The molecule has 2 aromatic carbocycles. The van der Waals surface area contributed by atoms with Crippen LogP contribution in [0.25, 0.3) is 10.2 Å². The number of nitrogens with zero attached hydrogens (tertiary/aromatic N) is 1. The second kappa shape index (κ2) is 10.4. The predicted octanol–water partition coefficient (Wildman–Crippen LogP) is 5.80. The van der Waals surface area contributed by atoms with Crippen molar-refractivity contribution in [2.45, 2.75) is 76.1 Å². The van der Waals surface area contributed by atoms with Gasteiger partial charge in [0.25, 0.3) is 0 Å². The van der Waals surface area contributed by atoms with Crippen molar-refractivity contribution in [1.82, 2.24) is 4.98 Å². The number of aliphatic hydroxyl groups excluding tert-OH is 1. The van der Waals surface area contributed by atoms with Gasteiger partial charge in [0, 0.05) is 12.0 Å². The minimum atomic E-state index is -0.961. The maximum absolute atomic E-state index is 12.0. The molecule has 0 radical (unpaired) electrons. The molecule has 0 amide bonds. The van der Waals surface area contributed by atoms with E-state index in [4.69, 9.17) is 19.2 Å². The predicted molar refractivity (Wildman–Crippen MR) is 139 cm³/mol. The van der Waals surface area contributed by atoms with Crippen molar-refractivity contribution in [3.05, 3.63) is 51.5 Å². The lowest BCUT2D eigenvalue weighted by molar-refractivity contribution is -0.0753. The van der Waals surface area contributed by atoms with Crippen LogP contribution in [0.1, 0.15) is 82.6 Å². The molecule has 0 aliphatic heterocycles. The van der Waals surface area contributed by atoms with Crippen LogP contribution in [0.5, 0.6) is 11.5 Å². The average molecular weight is 512 g/mol. The van der Waals surface area contributed by atoms with Gasteiger partial charge >= 0.3 is 5.97 Å². The number of benzene rings is 2. The standard InChI is InChI=1S/C28H33NO6S/c1-15-21(33-2)11-18(12-22(15)34-3)27(30)23(35-19-6-4-5-7-19)14-25-29-26-20(28(31)32)10-17(16-8-9-16)13-24(26)36-25/h10-13,16,19,23,27,30H,4-9,14H2,1-3H3,(H,31,32). The summed E-state index contributed by atoms with van der Waals surface area (Å²) in [4.78, 5) is 16.7. The van der Waals surface area contributed by atoms with Gasteiger partial charge in [-0.1, -0.05) is 12.8 Å². The van der Waals surface area contributed by atoms with Crippen LogP contribution in [0.2, 0.25) is 0 Å². The smallest absolute Gasteiger partial charge is 0.337 e. The Labute approximate surface area is 215 Å². The zero-order valence-electron chi connectivity index (χ0n) is 21.0. The van der Waals surface area contributed by atoms with Crippen LogP contribution in [0.3, 0.4) is 0 Å². The Morgan fingerprint density at radius 3 is 2.33 bits per heavy atom. The van der Waals surface area contributed by atoms with E-state index in [1.165, 1.54) is 11.3 Å². The molecule has 8 heteroatoms. The maximum atomic E-state index is 12.0. The Hall–Kier alpha value is -2.68. The van der Waals surface area contributed by atoms with E-state index in [1.807, 2.05) is 19.1 Å². The SMILES string of the molecule is COc1cc(C(O)C(Cc2nc3c(C(=O)O)cc(C4CC4)cc3s2)OC2CCCC2)cc(OC)c1C. The molecule has 2 unspecified atom stereocenters. The van der Waals surface area contributed by atoms with E-state index in [1.54, 1.807) is 20.3 Å². The summed E-state index contributed by atoms with van der Waals surface area (Å²) < 4.78 is 18.4. The van der Waals surface area contributed by atoms with Crippen LogP contribution in [-0.4, -0.2) is 47.6 Å². The number of hydrogen-bond acceptors (Lipinski definition) is 7. The van der Waals surface area contributed by atoms with Crippen molar-refractivity contribution in [2.75, 3.05) is 14.2 Å². The Kier molecular flexibility index (Phi) is 7.19. The van der Waals surface area contributed by atoms with Gasteiger partial charge in [-0.3, -0.25) is 0 Å². The van der Waals surface area contributed by atoms with Gasteiger partial charge in [0.15, 0.2) is 0 Å². The summed E-state index contributed by atoms with van der Waals surface area (Å²) in [6.45, 7) is 1.91. The largest absolute Gasteiger partial charge is 0.496 e. The lowest BCUT2D eigenvalue weighted by Crippen LogP contribution is -2.29. The number of carboxylic acids is 1. The molecule has 2 saturated carbocycles. The van der Waals surface area contributed by atoms with Gasteiger partial charge in [-0.15, -0.1) is 11.3 Å². The molecular formula is C28H33NO6S. The quantitative estimate of drug-likeness (QED) is 0.355. The van der Waals surface area contributed by atoms with Gasteiger partial charge < -0.3 is 24.4 Å². The lowest BCUT2D eigenvalue weighted by Gasteiger charge is -2.27. The van der Waals surface area contributed by atoms with Crippen molar-refractivity contribution in [1.29, 1.82) is 0 Å². The highest BCUT2D eigenvalue weighted by Gasteiger charge is 2.31. The number of carbonyl (C=O) groups is 1. The van der Waals surface area contributed by atoms with Crippen LogP contribution in [0.4, 0.5) is 0 Å². The van der Waals surface area contributed by atoms with E-state index in [0.29, 0.717) is 34.9 Å². The molecular weight excluding hydrogens is 478 g/mol. The molecule has 0 bridgehead atoms. The number of carboxylic acid groups (broad SMARTS) is 1. The maximum Gasteiger partial charge on any atom is 0.337 e. The van der Waals surface area contributed by atoms with E-state index < -0.39 is 18.2 Å². The monoisotopic (exact) mass is 511 g/mol. The Balaban J connectivity index is 1.49. The molecule has 7 nitrogen and oxygen atoms in total. The molecule has 2 aliphatic carbocycles. The van der Waals surface area contributed by atoms with E-state index in [-0.39, 0.29) is 11.7 Å². The van der Waals surface area contributed by atoms with Crippen LogP contribution in [0.15, 0.2) is 24.3 Å². The molecule has 1 aromatic heterocycles. The highest BCUT2D eigenvalue weighted by Crippen LogP contribution is 2.43. The van der Waals surface area contributed by atoms with E-state index in [2.05, 4.69) is 6.07 Å². The van der Waals surface area contributed by atoms with Crippen molar-refractivity contribution >= 4 is 27.5 Å². The van der Waals surface area contributed by atoms with Gasteiger partial charge in [0.1, 0.15) is 17.6 Å². The number of aromatic carboxylic acids is 1. The molecule has 2 N–H and O–H groups in total. The second-order valence-electron chi connectivity index (χ2n) is 9.88. The fourth-order valence-corrected chi connectivity index (χ4v) is 6.25. The van der Waals surface area contributed by atoms with E-state index in [9.17, 15) is 15.0 Å². The first kappa shape index (κ1) is 25.0. The number of aliphatic hydroxyl groups is 1. The summed E-state index contributed by atoms with van der Waals surface area (Å²) in [5.41, 5.74) is 3.36. The normalized spacial score (nSPS) is 17.9. The molecule has 2 aliphatic rings. The first-order valence-electron chi connectivity index (χ1n) is 12.6. The van der Waals surface area contributed by atoms with Crippen LogP contribution >= 0.6 is 11.3 Å². The van der Waals surface area contributed by atoms with Crippen LogP contribution in [-0.2, 0) is 11.2 Å². The first-order valence-corrected chi connectivity index (χ1v) is 13.4. The summed E-state index contributed by atoms with van der Waals surface area (Å²) >= 11 is 1.49. The summed E-state index contributed by atoms with van der Waals surface area (Å²) in [5.74, 6) is 0.769. The van der Waals surface area contributed by atoms with E-state index in [0.717, 1.165) is 59.4 Å². The third-order valence-corrected chi connectivity index (χ3v) is 8.38. The van der Waals surface area contributed by atoms with Crippen molar-refractivity contribution < 1.29 is 29.2 Å². The number of thiazole rings is 1. The number of fused-ring (bicyclic) bond motifs is 1. The summed E-state index contributed by atoms with van der Waals surface area (Å²) in [6.07, 6.45) is 5.38. The van der Waals surface area contributed by atoms with Crippen LogP contribution < -0.4 is 9.47 Å². The minimum Gasteiger partial charge on any atom is -0.496 e. The molecule has 2 fully saturated rings. The lowest BCUT2D eigenvalue weighted by atomic mass is 9.99. The topological polar surface area (TPSA) is 98.1 Å². The average Bonchev–Trinajstić information content (AvgIpc) is 3.44. The molecule has 1 heterocycles. The Morgan fingerprint density at radius 2 is 1.75 bits per heavy atom. The number of ether oxygens (including phenoxy) is 3. The second-order valence-corrected chi connectivity index (χ2v) is 11.0. The number of methoxy groups -OCH3 is 2.